The number of carboxylic acids is 1. The molecule has 0 amide bonds. The van der Waals surface area contributed by atoms with Gasteiger partial charge in [0.05, 0.1) is 0 Å². The normalized spacial score (nSPS) is 25.2. The summed E-state index contributed by atoms with van der Waals surface area (Å²) in [7, 11) is 0. The Labute approximate surface area is 197 Å². The monoisotopic (exact) mass is 441 g/mol. The molecule has 3 unspecified atom stereocenters. The van der Waals surface area contributed by atoms with Crippen molar-refractivity contribution in [2.45, 2.75) is 111 Å². The fourth-order valence-corrected chi connectivity index (χ4v) is 6.16. The van der Waals surface area contributed by atoms with Gasteiger partial charge in [-0.1, -0.05) is 64.7 Å². The average molecular weight is 442 g/mol. The van der Waals surface area contributed by atoms with Crippen molar-refractivity contribution < 1.29 is 9.90 Å². The highest BCUT2D eigenvalue weighted by Crippen LogP contribution is 2.43. The highest BCUT2D eigenvalue weighted by Gasteiger charge is 2.39. The lowest BCUT2D eigenvalue weighted by molar-refractivity contribution is -0.138. The predicted octanol–water partition coefficient (Wildman–Crippen LogP) is 7.35. The zero-order valence-electron chi connectivity index (χ0n) is 21.3. The van der Waals surface area contributed by atoms with Crippen LogP contribution in [0, 0.1) is 31.1 Å². The molecule has 0 spiro atoms. The van der Waals surface area contributed by atoms with Crippen LogP contribution in [0.2, 0.25) is 0 Å². The van der Waals surface area contributed by atoms with E-state index in [-0.39, 0.29) is 5.92 Å². The van der Waals surface area contributed by atoms with Gasteiger partial charge in [-0.25, -0.2) is 0 Å². The summed E-state index contributed by atoms with van der Waals surface area (Å²) in [6, 6.07) is 7.35. The topological polar surface area (TPSA) is 40.5 Å². The van der Waals surface area contributed by atoms with Gasteiger partial charge in [-0.3, -0.25) is 9.69 Å². The van der Waals surface area contributed by atoms with E-state index >= 15 is 0 Å². The fraction of sp³-hybridized carbons (Fsp3) is 0.759. The molecule has 2 aliphatic rings. The van der Waals surface area contributed by atoms with Crippen LogP contribution in [-0.4, -0.2) is 35.1 Å². The van der Waals surface area contributed by atoms with E-state index in [1.807, 2.05) is 0 Å². The van der Waals surface area contributed by atoms with Crippen LogP contribution >= 0.6 is 0 Å². The summed E-state index contributed by atoms with van der Waals surface area (Å²) < 4.78 is 0. The summed E-state index contributed by atoms with van der Waals surface area (Å²) in [6.45, 7) is 13.7. The number of rotatable bonds is 8. The Bertz CT molecular complexity index is 744. The Hall–Kier alpha value is -1.35. The van der Waals surface area contributed by atoms with Gasteiger partial charge in [0.1, 0.15) is 0 Å². The molecule has 2 aliphatic carbocycles. The van der Waals surface area contributed by atoms with Gasteiger partial charge in [0.2, 0.25) is 0 Å². The molecule has 3 atom stereocenters. The van der Waals surface area contributed by atoms with E-state index in [1.54, 1.807) is 0 Å². The van der Waals surface area contributed by atoms with E-state index in [2.05, 4.69) is 57.7 Å². The van der Waals surface area contributed by atoms with Crippen LogP contribution < -0.4 is 0 Å². The number of nitrogens with zero attached hydrogens (tertiary/aromatic N) is 1. The van der Waals surface area contributed by atoms with E-state index in [9.17, 15) is 9.90 Å². The molecule has 0 saturated heterocycles. The van der Waals surface area contributed by atoms with Crippen LogP contribution in [0.3, 0.4) is 0 Å². The Morgan fingerprint density at radius 3 is 2.34 bits per heavy atom. The average Bonchev–Trinajstić information content (AvgIpc) is 2.73. The summed E-state index contributed by atoms with van der Waals surface area (Å²) in [4.78, 5) is 14.6. The van der Waals surface area contributed by atoms with Crippen LogP contribution in [0.25, 0.3) is 0 Å². The molecule has 180 valence electrons. The summed E-state index contributed by atoms with van der Waals surface area (Å²) in [5.74, 6) is 0.724. The molecule has 1 aromatic carbocycles. The molecule has 0 aliphatic heterocycles. The SMILES string of the molecule is Cc1ccc(C2C(CC(=O)O)CCCC2N(CCC(C)(C)C)CC2CCCCC2)cc1C. The zero-order chi connectivity index (χ0) is 23.3. The van der Waals surface area contributed by atoms with Crippen molar-refractivity contribution in [1.82, 2.24) is 4.90 Å². The van der Waals surface area contributed by atoms with Crippen LogP contribution in [0.4, 0.5) is 0 Å². The van der Waals surface area contributed by atoms with Gasteiger partial charge >= 0.3 is 5.97 Å². The van der Waals surface area contributed by atoms with Gasteiger partial charge in [-0.2, -0.15) is 0 Å². The minimum absolute atomic E-state index is 0.233. The second-order valence-corrected chi connectivity index (χ2v) is 12.0. The van der Waals surface area contributed by atoms with E-state index in [1.165, 1.54) is 68.2 Å². The largest absolute Gasteiger partial charge is 0.481 e. The Balaban J connectivity index is 1.92. The molecule has 0 heterocycles. The first-order valence-corrected chi connectivity index (χ1v) is 13.2. The molecule has 3 rings (SSSR count). The van der Waals surface area contributed by atoms with Crippen LogP contribution in [0.5, 0.6) is 0 Å². The van der Waals surface area contributed by atoms with E-state index in [0.29, 0.717) is 23.8 Å². The molecule has 3 nitrogen and oxygen atoms in total. The van der Waals surface area contributed by atoms with E-state index in [0.717, 1.165) is 25.3 Å². The maximum atomic E-state index is 11.8. The zero-order valence-corrected chi connectivity index (χ0v) is 21.3. The molecule has 0 radical (unpaired) electrons. The van der Waals surface area contributed by atoms with Crippen molar-refractivity contribution in [3.05, 3.63) is 34.9 Å². The van der Waals surface area contributed by atoms with Gasteiger partial charge in [0, 0.05) is 24.9 Å². The first-order valence-electron chi connectivity index (χ1n) is 13.2. The lowest BCUT2D eigenvalue weighted by Crippen LogP contribution is -2.48. The van der Waals surface area contributed by atoms with Gasteiger partial charge in [0.15, 0.2) is 0 Å². The number of carboxylic acid groups (broad SMARTS) is 1. The smallest absolute Gasteiger partial charge is 0.303 e. The standard InChI is InChI=1S/C29H47NO2/c1-21-14-15-25(18-22(21)2)28-24(19-27(31)32)12-9-13-26(28)30(17-16-29(3,4)5)20-23-10-7-6-8-11-23/h14-15,18,23-24,26,28H,6-13,16-17,19-20H2,1-5H3,(H,31,32). The lowest BCUT2D eigenvalue weighted by atomic mass is 9.69. The maximum absolute atomic E-state index is 11.8. The molecule has 32 heavy (non-hydrogen) atoms. The summed E-state index contributed by atoms with van der Waals surface area (Å²) in [5, 5.41) is 9.71. The minimum Gasteiger partial charge on any atom is -0.481 e. The second kappa shape index (κ2) is 11.2. The molecule has 2 fully saturated rings. The molecule has 2 saturated carbocycles. The quantitative estimate of drug-likeness (QED) is 0.458. The summed E-state index contributed by atoms with van der Waals surface area (Å²) in [6.07, 6.45) is 11.8. The number of benzene rings is 1. The predicted molar refractivity (Wildman–Crippen MR) is 134 cm³/mol. The maximum Gasteiger partial charge on any atom is 0.303 e. The number of aryl methyl sites for hydroxylation is 2. The van der Waals surface area contributed by atoms with Crippen LogP contribution in [0.15, 0.2) is 18.2 Å². The lowest BCUT2D eigenvalue weighted by Gasteiger charge is -2.46. The Kier molecular flexibility index (Phi) is 8.83. The number of aliphatic carboxylic acids is 1. The van der Waals surface area contributed by atoms with Gasteiger partial charge < -0.3 is 5.11 Å². The third-order valence-electron chi connectivity index (χ3n) is 8.19. The first kappa shape index (κ1) is 25.3. The van der Waals surface area contributed by atoms with Crippen LogP contribution in [-0.2, 0) is 4.79 Å². The van der Waals surface area contributed by atoms with Crippen molar-refractivity contribution in [2.24, 2.45) is 17.3 Å². The van der Waals surface area contributed by atoms with Gasteiger partial charge in [-0.15, -0.1) is 0 Å². The third-order valence-corrected chi connectivity index (χ3v) is 8.19. The molecule has 1 aromatic rings. The number of carbonyl (C=O) groups is 1. The summed E-state index contributed by atoms with van der Waals surface area (Å²) >= 11 is 0. The van der Waals surface area contributed by atoms with Crippen molar-refractivity contribution in [2.75, 3.05) is 13.1 Å². The van der Waals surface area contributed by atoms with Crippen molar-refractivity contribution >= 4 is 5.97 Å². The number of hydrogen-bond donors (Lipinski definition) is 1. The Morgan fingerprint density at radius 1 is 1.00 bits per heavy atom. The van der Waals surface area contributed by atoms with Gasteiger partial charge in [0.25, 0.3) is 0 Å². The molecule has 0 bridgehead atoms. The van der Waals surface area contributed by atoms with Crippen molar-refractivity contribution in [3.63, 3.8) is 0 Å². The highest BCUT2D eigenvalue weighted by atomic mass is 16.4. The molecular formula is C29H47NO2. The van der Waals surface area contributed by atoms with Gasteiger partial charge in [-0.05, 0) is 86.4 Å². The molecule has 0 aromatic heterocycles. The molecular weight excluding hydrogens is 394 g/mol. The first-order chi connectivity index (χ1) is 15.1. The molecule has 3 heteroatoms. The number of hydrogen-bond acceptors (Lipinski definition) is 2. The fourth-order valence-electron chi connectivity index (χ4n) is 6.16. The van der Waals surface area contributed by atoms with Crippen molar-refractivity contribution in [1.29, 1.82) is 0 Å². The van der Waals surface area contributed by atoms with Crippen LogP contribution in [0.1, 0.15) is 108 Å². The van der Waals surface area contributed by atoms with Crippen molar-refractivity contribution in [3.8, 4) is 0 Å². The summed E-state index contributed by atoms with van der Waals surface area (Å²) in [5.41, 5.74) is 4.33. The van der Waals surface area contributed by atoms with E-state index < -0.39 is 5.97 Å². The third kappa shape index (κ3) is 7.07. The van der Waals surface area contributed by atoms with E-state index in [4.69, 9.17) is 0 Å². The minimum atomic E-state index is -0.641. The Morgan fingerprint density at radius 2 is 1.72 bits per heavy atom. The second-order valence-electron chi connectivity index (χ2n) is 12.0. The molecule has 1 N–H and O–H groups in total. The highest BCUT2D eigenvalue weighted by molar-refractivity contribution is 5.67.